The van der Waals surface area contributed by atoms with Crippen molar-refractivity contribution in [2.45, 2.75) is 0 Å². The molecular weight excluding hydrogens is 256 g/mol. The predicted octanol–water partition coefficient (Wildman–Crippen LogP) is 2.47. The summed E-state index contributed by atoms with van der Waals surface area (Å²) >= 11 is 0. The van der Waals surface area contributed by atoms with Crippen LogP contribution >= 0.6 is 0 Å². The van der Waals surface area contributed by atoms with Crippen LogP contribution in [0.15, 0.2) is 48.5 Å². The van der Waals surface area contributed by atoms with Gasteiger partial charge in [0, 0.05) is 17.4 Å². The van der Waals surface area contributed by atoms with Gasteiger partial charge in [0.2, 0.25) is 12.7 Å². The van der Waals surface area contributed by atoms with Gasteiger partial charge in [-0.1, -0.05) is 18.2 Å². The average Bonchev–Trinajstić information content (AvgIpc) is 2.94. The zero-order chi connectivity index (χ0) is 13.8. The van der Waals surface area contributed by atoms with Crippen LogP contribution in [0.3, 0.4) is 0 Å². The van der Waals surface area contributed by atoms with Gasteiger partial charge >= 0.3 is 0 Å². The molecule has 0 aromatic heterocycles. The number of hydrogen-bond acceptors (Lipinski definition) is 4. The molecule has 0 saturated heterocycles. The van der Waals surface area contributed by atoms with Gasteiger partial charge in [0.25, 0.3) is 0 Å². The first kappa shape index (κ1) is 12.3. The number of benzene rings is 2. The van der Waals surface area contributed by atoms with E-state index in [9.17, 15) is 4.79 Å². The van der Waals surface area contributed by atoms with E-state index in [0.29, 0.717) is 17.2 Å². The van der Waals surface area contributed by atoms with Crippen LogP contribution in [0.4, 0.5) is 11.4 Å². The second-order valence-electron chi connectivity index (χ2n) is 4.34. The highest BCUT2D eigenvalue weighted by Gasteiger charge is 2.13. The summed E-state index contributed by atoms with van der Waals surface area (Å²) in [7, 11) is 0. The van der Waals surface area contributed by atoms with Crippen LogP contribution in [0.1, 0.15) is 0 Å². The molecule has 0 atom stereocenters. The number of nitrogens with one attached hydrogen (secondary N) is 2. The Morgan fingerprint density at radius 2 is 1.80 bits per heavy atom. The van der Waals surface area contributed by atoms with Crippen LogP contribution in [-0.2, 0) is 4.79 Å². The van der Waals surface area contributed by atoms with Crippen molar-refractivity contribution in [1.29, 1.82) is 0 Å². The molecule has 0 bridgehead atoms. The van der Waals surface area contributed by atoms with E-state index >= 15 is 0 Å². The molecule has 5 nitrogen and oxygen atoms in total. The van der Waals surface area contributed by atoms with Gasteiger partial charge in [0.05, 0.1) is 6.54 Å². The van der Waals surface area contributed by atoms with Crippen LogP contribution in [0, 0.1) is 0 Å². The Morgan fingerprint density at radius 3 is 2.65 bits per heavy atom. The van der Waals surface area contributed by atoms with E-state index in [-0.39, 0.29) is 19.2 Å². The van der Waals surface area contributed by atoms with Crippen molar-refractivity contribution in [1.82, 2.24) is 0 Å². The van der Waals surface area contributed by atoms with Gasteiger partial charge in [0.1, 0.15) is 0 Å². The summed E-state index contributed by atoms with van der Waals surface area (Å²) in [4.78, 5) is 11.8. The maximum absolute atomic E-state index is 11.8. The van der Waals surface area contributed by atoms with Crippen LogP contribution in [0.25, 0.3) is 0 Å². The van der Waals surface area contributed by atoms with Gasteiger partial charge in [0.15, 0.2) is 11.5 Å². The molecule has 0 unspecified atom stereocenters. The van der Waals surface area contributed by atoms with E-state index in [0.717, 1.165) is 5.69 Å². The number of para-hydroxylation sites is 1. The van der Waals surface area contributed by atoms with Crippen molar-refractivity contribution in [3.8, 4) is 11.5 Å². The standard InChI is InChI=1S/C15H14N2O3/c18-15(9-16-11-4-2-1-3-5-11)17-12-6-7-13-14(8-12)20-10-19-13/h1-8,16H,9-10H2,(H,17,18). The Hall–Kier alpha value is -2.69. The van der Waals surface area contributed by atoms with Crippen molar-refractivity contribution in [2.24, 2.45) is 0 Å². The number of carbonyl (C=O) groups excluding carboxylic acids is 1. The van der Waals surface area contributed by atoms with Crippen molar-refractivity contribution >= 4 is 17.3 Å². The summed E-state index contributed by atoms with van der Waals surface area (Å²) in [5.41, 5.74) is 1.60. The zero-order valence-electron chi connectivity index (χ0n) is 10.8. The summed E-state index contributed by atoms with van der Waals surface area (Å²) < 4.78 is 10.5. The molecule has 1 aliphatic rings. The Bertz CT molecular complexity index is 614. The van der Waals surface area contributed by atoms with Crippen LogP contribution in [-0.4, -0.2) is 19.2 Å². The molecule has 0 spiro atoms. The lowest BCUT2D eigenvalue weighted by Gasteiger charge is -2.08. The van der Waals surface area contributed by atoms with Crippen LogP contribution in [0.5, 0.6) is 11.5 Å². The molecule has 0 aliphatic carbocycles. The minimum Gasteiger partial charge on any atom is -0.454 e. The predicted molar refractivity (Wildman–Crippen MR) is 76.1 cm³/mol. The van der Waals surface area contributed by atoms with E-state index < -0.39 is 0 Å². The SMILES string of the molecule is O=C(CNc1ccccc1)Nc1ccc2c(c1)OCO2. The topological polar surface area (TPSA) is 59.6 Å². The summed E-state index contributed by atoms with van der Waals surface area (Å²) in [6, 6.07) is 14.9. The minimum atomic E-state index is -0.118. The third kappa shape index (κ3) is 2.83. The first-order chi connectivity index (χ1) is 9.81. The van der Waals surface area contributed by atoms with E-state index in [1.807, 2.05) is 30.3 Å². The quantitative estimate of drug-likeness (QED) is 0.896. The monoisotopic (exact) mass is 270 g/mol. The van der Waals surface area contributed by atoms with Gasteiger partial charge in [-0.25, -0.2) is 0 Å². The maximum atomic E-state index is 11.8. The Morgan fingerprint density at radius 1 is 1.00 bits per heavy atom. The highest BCUT2D eigenvalue weighted by atomic mass is 16.7. The number of rotatable bonds is 4. The van der Waals surface area contributed by atoms with Gasteiger partial charge in [-0.3, -0.25) is 4.79 Å². The lowest BCUT2D eigenvalue weighted by atomic mass is 10.2. The second kappa shape index (κ2) is 5.52. The third-order valence-corrected chi connectivity index (χ3v) is 2.88. The maximum Gasteiger partial charge on any atom is 0.243 e. The molecule has 0 radical (unpaired) electrons. The van der Waals surface area contributed by atoms with Crippen molar-refractivity contribution < 1.29 is 14.3 Å². The fourth-order valence-corrected chi connectivity index (χ4v) is 1.92. The van der Waals surface area contributed by atoms with Crippen molar-refractivity contribution in [3.05, 3.63) is 48.5 Å². The van der Waals surface area contributed by atoms with Crippen molar-refractivity contribution in [2.75, 3.05) is 24.0 Å². The Labute approximate surface area is 116 Å². The molecule has 102 valence electrons. The molecule has 2 N–H and O–H groups in total. The number of carbonyl (C=O) groups is 1. The van der Waals surface area contributed by atoms with Gasteiger partial charge in [-0.05, 0) is 24.3 Å². The fraction of sp³-hybridized carbons (Fsp3) is 0.133. The molecule has 5 heteroatoms. The number of anilines is 2. The summed E-state index contributed by atoms with van der Waals surface area (Å²) in [6.45, 7) is 0.431. The van der Waals surface area contributed by atoms with Crippen LogP contribution in [0.2, 0.25) is 0 Å². The number of fused-ring (bicyclic) bond motifs is 1. The Balaban J connectivity index is 1.56. The van der Waals surface area contributed by atoms with Gasteiger partial charge in [-0.15, -0.1) is 0 Å². The largest absolute Gasteiger partial charge is 0.454 e. The summed E-state index contributed by atoms with van der Waals surface area (Å²) in [5.74, 6) is 1.23. The molecule has 3 rings (SSSR count). The zero-order valence-corrected chi connectivity index (χ0v) is 10.8. The van der Waals surface area contributed by atoms with E-state index in [1.54, 1.807) is 18.2 Å². The third-order valence-electron chi connectivity index (χ3n) is 2.88. The highest BCUT2D eigenvalue weighted by Crippen LogP contribution is 2.34. The molecule has 0 fully saturated rings. The van der Waals surface area contributed by atoms with E-state index in [4.69, 9.17) is 9.47 Å². The van der Waals surface area contributed by atoms with Crippen molar-refractivity contribution in [3.63, 3.8) is 0 Å². The first-order valence-corrected chi connectivity index (χ1v) is 6.30. The fourth-order valence-electron chi connectivity index (χ4n) is 1.92. The van der Waals surface area contributed by atoms with Gasteiger partial charge < -0.3 is 20.1 Å². The minimum absolute atomic E-state index is 0.118. The number of ether oxygens (including phenoxy) is 2. The molecule has 2 aromatic rings. The van der Waals surface area contributed by atoms with Gasteiger partial charge in [-0.2, -0.15) is 0 Å². The lowest BCUT2D eigenvalue weighted by Crippen LogP contribution is -2.21. The summed E-state index contributed by atoms with van der Waals surface area (Å²) in [6.07, 6.45) is 0. The number of amides is 1. The lowest BCUT2D eigenvalue weighted by molar-refractivity contribution is -0.114. The molecule has 1 aliphatic heterocycles. The summed E-state index contributed by atoms with van der Waals surface area (Å²) in [5, 5.41) is 5.85. The molecule has 1 amide bonds. The molecule has 1 heterocycles. The van der Waals surface area contributed by atoms with Crippen LogP contribution < -0.4 is 20.1 Å². The van der Waals surface area contributed by atoms with E-state index in [2.05, 4.69) is 10.6 Å². The normalized spacial score (nSPS) is 12.0. The Kier molecular flexibility index (Phi) is 3.41. The highest BCUT2D eigenvalue weighted by molar-refractivity contribution is 5.94. The molecule has 20 heavy (non-hydrogen) atoms. The smallest absolute Gasteiger partial charge is 0.243 e. The average molecular weight is 270 g/mol. The number of hydrogen-bond donors (Lipinski definition) is 2. The first-order valence-electron chi connectivity index (χ1n) is 6.30. The van der Waals surface area contributed by atoms with E-state index in [1.165, 1.54) is 0 Å². The molecule has 2 aromatic carbocycles. The second-order valence-corrected chi connectivity index (χ2v) is 4.34. The molecule has 0 saturated carbocycles. The molecular formula is C15H14N2O3.